The highest BCUT2D eigenvalue weighted by Gasteiger charge is 2.22. The summed E-state index contributed by atoms with van der Waals surface area (Å²) in [5.41, 5.74) is 4.18. The van der Waals surface area contributed by atoms with Crippen molar-refractivity contribution < 1.29 is 14.4 Å². The fraction of sp³-hybridized carbons (Fsp3) is 0.444. The summed E-state index contributed by atoms with van der Waals surface area (Å²) in [6.07, 6.45) is 6.63. The van der Waals surface area contributed by atoms with Crippen LogP contribution < -0.4 is 10.6 Å². The average molecular weight is 448 g/mol. The number of hydrogen-bond donors (Lipinski definition) is 2. The molecule has 4 rings (SSSR count). The van der Waals surface area contributed by atoms with Gasteiger partial charge in [-0.05, 0) is 67.9 Å². The van der Waals surface area contributed by atoms with Crippen molar-refractivity contribution in [3.8, 4) is 0 Å². The summed E-state index contributed by atoms with van der Waals surface area (Å²) < 4.78 is 0. The van der Waals surface area contributed by atoms with Crippen molar-refractivity contribution in [3.63, 3.8) is 0 Å². The number of anilines is 1. The molecule has 0 aromatic heterocycles. The van der Waals surface area contributed by atoms with E-state index in [0.29, 0.717) is 6.54 Å². The van der Waals surface area contributed by atoms with Crippen LogP contribution in [0, 0.1) is 0 Å². The Morgan fingerprint density at radius 1 is 0.848 bits per heavy atom. The number of ketones is 1. The fourth-order valence-corrected chi connectivity index (χ4v) is 4.74. The third-order valence-electron chi connectivity index (χ3n) is 6.63. The Kier molecular flexibility index (Phi) is 7.89. The number of benzene rings is 2. The zero-order chi connectivity index (χ0) is 23.0. The van der Waals surface area contributed by atoms with Crippen molar-refractivity contribution in [2.45, 2.75) is 57.4 Å². The summed E-state index contributed by atoms with van der Waals surface area (Å²) in [6, 6.07) is 15.6. The topological polar surface area (TPSA) is 78.5 Å². The van der Waals surface area contributed by atoms with Gasteiger partial charge in [0, 0.05) is 43.2 Å². The summed E-state index contributed by atoms with van der Waals surface area (Å²) in [7, 11) is 0. The first-order valence-corrected chi connectivity index (χ1v) is 12.1. The lowest BCUT2D eigenvalue weighted by atomic mass is 9.89. The number of para-hydroxylation sites is 1. The minimum Gasteiger partial charge on any atom is -0.353 e. The number of Topliss-reactive ketones (excluding diaryl/α,β-unsaturated/α-hetero) is 1. The van der Waals surface area contributed by atoms with Crippen LogP contribution in [-0.2, 0) is 22.4 Å². The number of rotatable bonds is 8. The van der Waals surface area contributed by atoms with E-state index in [9.17, 15) is 14.4 Å². The minimum atomic E-state index is -0.0680. The second-order valence-electron chi connectivity index (χ2n) is 9.15. The maximum Gasteiger partial charge on any atom is 0.238 e. The van der Waals surface area contributed by atoms with Crippen LogP contribution in [-0.4, -0.2) is 48.2 Å². The molecule has 2 aromatic rings. The molecule has 2 aromatic carbocycles. The van der Waals surface area contributed by atoms with E-state index in [1.165, 1.54) is 24.0 Å². The van der Waals surface area contributed by atoms with Crippen LogP contribution in [0.3, 0.4) is 0 Å². The molecular formula is C27H33N3O3. The third kappa shape index (κ3) is 6.75. The average Bonchev–Trinajstić information content (AvgIpc) is 2.84. The number of hydrogen-bond acceptors (Lipinski definition) is 4. The summed E-state index contributed by atoms with van der Waals surface area (Å²) >= 11 is 0. The summed E-state index contributed by atoms with van der Waals surface area (Å²) in [4.78, 5) is 39.3. The highest BCUT2D eigenvalue weighted by atomic mass is 16.2. The van der Waals surface area contributed by atoms with Gasteiger partial charge in [-0.3, -0.25) is 19.3 Å². The number of aryl methyl sites for hydroxylation is 2. The lowest BCUT2D eigenvalue weighted by molar-refractivity contribution is -0.122. The van der Waals surface area contributed by atoms with E-state index in [2.05, 4.69) is 21.6 Å². The maximum absolute atomic E-state index is 12.6. The summed E-state index contributed by atoms with van der Waals surface area (Å²) in [5, 5.41) is 5.98. The molecule has 174 valence electrons. The minimum absolute atomic E-state index is 0.0237. The molecule has 0 saturated carbocycles. The summed E-state index contributed by atoms with van der Waals surface area (Å²) in [6.45, 7) is 1.88. The van der Waals surface area contributed by atoms with Gasteiger partial charge in [-0.1, -0.05) is 30.3 Å². The van der Waals surface area contributed by atoms with Gasteiger partial charge in [0.1, 0.15) is 0 Å². The summed E-state index contributed by atoms with van der Waals surface area (Å²) in [5.74, 6) is -0.0521. The van der Waals surface area contributed by atoms with Gasteiger partial charge in [-0.2, -0.15) is 0 Å². The van der Waals surface area contributed by atoms with Crippen molar-refractivity contribution in [2.24, 2.45) is 0 Å². The van der Waals surface area contributed by atoms with Crippen LogP contribution >= 0.6 is 0 Å². The monoisotopic (exact) mass is 447 g/mol. The fourth-order valence-electron chi connectivity index (χ4n) is 4.74. The van der Waals surface area contributed by atoms with Crippen molar-refractivity contribution in [1.29, 1.82) is 0 Å². The Hall–Kier alpha value is -2.99. The highest BCUT2D eigenvalue weighted by Crippen LogP contribution is 2.23. The molecule has 0 atom stereocenters. The van der Waals surface area contributed by atoms with Crippen molar-refractivity contribution in [3.05, 3.63) is 65.2 Å². The second kappa shape index (κ2) is 11.2. The SMILES string of the molecule is O=C(CN1CCC(NC(=O)CCC(=O)c2ccc3c(c2)CCCC3)CC1)Nc1ccccc1. The standard InChI is InChI=1S/C27H33N3O3/c31-25(22-11-10-20-6-4-5-7-21(20)18-22)12-13-26(32)28-24-14-16-30(17-15-24)19-27(33)29-23-8-2-1-3-9-23/h1-3,8-11,18,24H,4-7,12-17,19H2,(H,28,32)(H,29,33). The molecule has 0 bridgehead atoms. The quantitative estimate of drug-likeness (QED) is 0.604. The van der Waals surface area contributed by atoms with Crippen LogP contribution in [0.2, 0.25) is 0 Å². The molecule has 1 aliphatic carbocycles. The van der Waals surface area contributed by atoms with Crippen molar-refractivity contribution >= 4 is 23.3 Å². The van der Waals surface area contributed by atoms with E-state index in [4.69, 9.17) is 0 Å². The molecule has 0 radical (unpaired) electrons. The first-order chi connectivity index (χ1) is 16.1. The van der Waals surface area contributed by atoms with Crippen LogP contribution in [0.4, 0.5) is 5.69 Å². The molecule has 1 fully saturated rings. The predicted molar refractivity (Wildman–Crippen MR) is 129 cm³/mol. The van der Waals surface area contributed by atoms with Gasteiger partial charge in [-0.25, -0.2) is 0 Å². The first-order valence-electron chi connectivity index (χ1n) is 12.1. The Morgan fingerprint density at radius 3 is 2.33 bits per heavy atom. The number of amides is 2. The molecule has 2 N–H and O–H groups in total. The van der Waals surface area contributed by atoms with Crippen molar-refractivity contribution in [1.82, 2.24) is 10.2 Å². The molecule has 6 heteroatoms. The van der Waals surface area contributed by atoms with Gasteiger partial charge in [0.2, 0.25) is 11.8 Å². The van der Waals surface area contributed by atoms with E-state index in [0.717, 1.165) is 50.0 Å². The molecule has 1 aliphatic heterocycles. The molecule has 0 unspecified atom stereocenters. The van der Waals surface area contributed by atoms with Gasteiger partial charge in [0.05, 0.1) is 6.54 Å². The predicted octanol–water partition coefficient (Wildman–Crippen LogP) is 3.75. The Bertz CT molecular complexity index is 981. The molecule has 1 saturated heterocycles. The second-order valence-corrected chi connectivity index (χ2v) is 9.15. The van der Waals surface area contributed by atoms with E-state index >= 15 is 0 Å². The van der Waals surface area contributed by atoms with Crippen molar-refractivity contribution in [2.75, 3.05) is 25.0 Å². The molecule has 2 amide bonds. The van der Waals surface area contributed by atoms with Gasteiger partial charge in [0.25, 0.3) is 0 Å². The Morgan fingerprint density at radius 2 is 1.58 bits per heavy atom. The number of fused-ring (bicyclic) bond motifs is 1. The smallest absolute Gasteiger partial charge is 0.238 e. The van der Waals surface area contributed by atoms with Crippen LogP contribution in [0.15, 0.2) is 48.5 Å². The zero-order valence-corrected chi connectivity index (χ0v) is 19.1. The number of piperidine rings is 1. The maximum atomic E-state index is 12.6. The van der Waals surface area contributed by atoms with E-state index in [1.807, 2.05) is 42.5 Å². The molecular weight excluding hydrogens is 414 g/mol. The normalized spacial score (nSPS) is 16.6. The third-order valence-corrected chi connectivity index (χ3v) is 6.63. The van der Waals surface area contributed by atoms with E-state index in [1.54, 1.807) is 0 Å². The van der Waals surface area contributed by atoms with Gasteiger partial charge in [0.15, 0.2) is 5.78 Å². The number of nitrogens with one attached hydrogen (secondary N) is 2. The molecule has 33 heavy (non-hydrogen) atoms. The Balaban J connectivity index is 1.15. The number of likely N-dealkylation sites (tertiary alicyclic amines) is 1. The largest absolute Gasteiger partial charge is 0.353 e. The zero-order valence-electron chi connectivity index (χ0n) is 19.1. The van der Waals surface area contributed by atoms with E-state index in [-0.39, 0.29) is 36.5 Å². The van der Waals surface area contributed by atoms with Crippen LogP contribution in [0.25, 0.3) is 0 Å². The van der Waals surface area contributed by atoms with Gasteiger partial charge < -0.3 is 10.6 Å². The first kappa shape index (κ1) is 23.2. The van der Waals surface area contributed by atoms with Gasteiger partial charge in [-0.15, -0.1) is 0 Å². The molecule has 2 aliphatic rings. The van der Waals surface area contributed by atoms with E-state index < -0.39 is 0 Å². The Labute approximate surface area is 195 Å². The van der Waals surface area contributed by atoms with Crippen LogP contribution in [0.1, 0.15) is 60.0 Å². The molecule has 0 spiro atoms. The lowest BCUT2D eigenvalue weighted by Gasteiger charge is -2.31. The molecule has 1 heterocycles. The highest BCUT2D eigenvalue weighted by molar-refractivity contribution is 5.98. The number of nitrogens with zero attached hydrogens (tertiary/aromatic N) is 1. The number of carbonyl (C=O) groups is 3. The lowest BCUT2D eigenvalue weighted by Crippen LogP contribution is -2.46. The molecule has 6 nitrogen and oxygen atoms in total. The van der Waals surface area contributed by atoms with Gasteiger partial charge >= 0.3 is 0 Å². The number of carbonyl (C=O) groups excluding carboxylic acids is 3. The van der Waals surface area contributed by atoms with Crippen LogP contribution in [0.5, 0.6) is 0 Å².